The summed E-state index contributed by atoms with van der Waals surface area (Å²) in [7, 11) is 0. The van der Waals surface area contributed by atoms with Gasteiger partial charge in [-0.2, -0.15) is 0 Å². The molecule has 0 aromatic heterocycles. The van der Waals surface area contributed by atoms with Gasteiger partial charge in [0.2, 0.25) is 0 Å². The molecule has 5 nitrogen and oxygen atoms in total. The molecule has 2 amide bonds. The molecule has 5 heteroatoms. The molecule has 3 aromatic rings. The van der Waals surface area contributed by atoms with Gasteiger partial charge in [0.25, 0.3) is 11.8 Å². The average molecular weight is 358 g/mol. The highest BCUT2D eigenvalue weighted by Crippen LogP contribution is 2.32. The SMILES string of the molecule is CC1Oc2ccc(NC(=O)c3ccc(-c4ccccc4)cc3)cc2NC1=O. The van der Waals surface area contributed by atoms with Crippen LogP contribution < -0.4 is 15.4 Å². The van der Waals surface area contributed by atoms with Crippen molar-refractivity contribution in [3.05, 3.63) is 78.4 Å². The lowest BCUT2D eigenvalue weighted by Gasteiger charge is -2.23. The number of ether oxygens (including phenoxy) is 1. The Bertz CT molecular complexity index is 998. The van der Waals surface area contributed by atoms with Gasteiger partial charge in [0.05, 0.1) is 5.69 Å². The van der Waals surface area contributed by atoms with Crippen LogP contribution in [-0.4, -0.2) is 17.9 Å². The molecule has 1 aliphatic heterocycles. The maximum atomic E-state index is 12.5. The lowest BCUT2D eigenvalue weighted by molar-refractivity contribution is -0.122. The summed E-state index contributed by atoms with van der Waals surface area (Å²) in [6.45, 7) is 1.69. The Morgan fingerprint density at radius 2 is 1.67 bits per heavy atom. The Balaban J connectivity index is 1.49. The van der Waals surface area contributed by atoms with E-state index in [0.717, 1.165) is 11.1 Å². The van der Waals surface area contributed by atoms with Gasteiger partial charge in [-0.15, -0.1) is 0 Å². The standard InChI is InChI=1S/C22H18N2O3/c1-14-21(25)24-19-13-18(11-12-20(19)27-14)23-22(26)17-9-7-16(8-10-17)15-5-3-2-4-6-15/h2-14H,1H3,(H,23,26)(H,24,25). The predicted octanol–water partition coefficient (Wildman–Crippen LogP) is 4.33. The molecule has 0 aliphatic carbocycles. The fourth-order valence-corrected chi connectivity index (χ4v) is 2.93. The molecule has 0 saturated heterocycles. The molecule has 0 bridgehead atoms. The first-order valence-electron chi connectivity index (χ1n) is 8.68. The fraction of sp³-hybridized carbons (Fsp3) is 0.0909. The molecular formula is C22H18N2O3. The molecule has 4 rings (SSSR count). The quantitative estimate of drug-likeness (QED) is 0.732. The van der Waals surface area contributed by atoms with E-state index in [1.54, 1.807) is 37.3 Å². The monoisotopic (exact) mass is 358 g/mol. The number of rotatable bonds is 3. The van der Waals surface area contributed by atoms with E-state index in [-0.39, 0.29) is 11.8 Å². The van der Waals surface area contributed by atoms with Crippen molar-refractivity contribution < 1.29 is 14.3 Å². The third-order valence-electron chi connectivity index (χ3n) is 4.42. The maximum Gasteiger partial charge on any atom is 0.265 e. The van der Waals surface area contributed by atoms with Crippen LogP contribution in [0.15, 0.2) is 72.8 Å². The lowest BCUT2D eigenvalue weighted by atomic mass is 10.0. The van der Waals surface area contributed by atoms with Crippen LogP contribution in [0.4, 0.5) is 11.4 Å². The Hall–Kier alpha value is -3.60. The minimum atomic E-state index is -0.527. The zero-order valence-corrected chi connectivity index (χ0v) is 14.7. The first-order valence-corrected chi connectivity index (χ1v) is 8.68. The van der Waals surface area contributed by atoms with Crippen LogP contribution in [0.2, 0.25) is 0 Å². The molecule has 0 radical (unpaired) electrons. The Labute approximate surface area is 157 Å². The second kappa shape index (κ2) is 6.96. The lowest BCUT2D eigenvalue weighted by Crippen LogP contribution is -2.34. The molecular weight excluding hydrogens is 340 g/mol. The van der Waals surface area contributed by atoms with Crippen LogP contribution in [0.25, 0.3) is 11.1 Å². The number of amides is 2. The normalized spacial score (nSPS) is 15.3. The zero-order valence-electron chi connectivity index (χ0n) is 14.7. The molecule has 0 fully saturated rings. The summed E-state index contributed by atoms with van der Waals surface area (Å²) in [5, 5.41) is 5.62. The molecule has 0 saturated carbocycles. The third-order valence-corrected chi connectivity index (χ3v) is 4.42. The second-order valence-corrected chi connectivity index (χ2v) is 6.36. The van der Waals surface area contributed by atoms with Crippen LogP contribution >= 0.6 is 0 Å². The number of carbonyl (C=O) groups is 2. The third kappa shape index (κ3) is 3.53. The highest BCUT2D eigenvalue weighted by atomic mass is 16.5. The first kappa shape index (κ1) is 16.8. The Kier molecular flexibility index (Phi) is 4.34. The van der Waals surface area contributed by atoms with E-state index in [1.807, 2.05) is 42.5 Å². The van der Waals surface area contributed by atoms with Crippen molar-refractivity contribution in [3.63, 3.8) is 0 Å². The topological polar surface area (TPSA) is 67.4 Å². The molecule has 3 aromatic carbocycles. The Morgan fingerprint density at radius 1 is 0.963 bits per heavy atom. The van der Waals surface area contributed by atoms with Crippen molar-refractivity contribution in [1.29, 1.82) is 0 Å². The highest BCUT2D eigenvalue weighted by Gasteiger charge is 2.23. The number of fused-ring (bicyclic) bond motifs is 1. The van der Waals surface area contributed by atoms with E-state index in [9.17, 15) is 9.59 Å². The molecule has 1 atom stereocenters. The van der Waals surface area contributed by atoms with Crippen LogP contribution in [0, 0.1) is 0 Å². The van der Waals surface area contributed by atoms with Gasteiger partial charge in [0.15, 0.2) is 6.10 Å². The van der Waals surface area contributed by atoms with Crippen molar-refractivity contribution in [2.24, 2.45) is 0 Å². The van der Waals surface area contributed by atoms with E-state index in [4.69, 9.17) is 4.74 Å². The van der Waals surface area contributed by atoms with E-state index >= 15 is 0 Å². The van der Waals surface area contributed by atoms with Crippen molar-refractivity contribution >= 4 is 23.2 Å². The number of benzene rings is 3. The molecule has 2 N–H and O–H groups in total. The second-order valence-electron chi connectivity index (χ2n) is 6.36. The molecule has 1 unspecified atom stereocenters. The minimum absolute atomic E-state index is 0.206. The van der Waals surface area contributed by atoms with Gasteiger partial charge in [-0.3, -0.25) is 9.59 Å². The summed E-state index contributed by atoms with van der Waals surface area (Å²) < 4.78 is 5.52. The summed E-state index contributed by atoms with van der Waals surface area (Å²) in [6, 6.07) is 22.6. The number of carbonyl (C=O) groups excluding carboxylic acids is 2. The van der Waals surface area contributed by atoms with Gasteiger partial charge in [-0.1, -0.05) is 42.5 Å². The molecule has 1 heterocycles. The number of hydrogen-bond acceptors (Lipinski definition) is 3. The van der Waals surface area contributed by atoms with Crippen molar-refractivity contribution in [2.45, 2.75) is 13.0 Å². The van der Waals surface area contributed by atoms with Gasteiger partial charge in [-0.05, 0) is 48.4 Å². The van der Waals surface area contributed by atoms with Crippen molar-refractivity contribution in [1.82, 2.24) is 0 Å². The van der Waals surface area contributed by atoms with Crippen LogP contribution in [0.1, 0.15) is 17.3 Å². The van der Waals surface area contributed by atoms with E-state index in [1.165, 1.54) is 0 Å². The summed E-state index contributed by atoms with van der Waals surface area (Å²) in [6.07, 6.45) is -0.527. The largest absolute Gasteiger partial charge is 0.479 e. The van der Waals surface area contributed by atoms with Gasteiger partial charge in [0.1, 0.15) is 5.75 Å². The molecule has 0 spiro atoms. The average Bonchev–Trinajstić information content (AvgIpc) is 2.70. The summed E-state index contributed by atoms with van der Waals surface area (Å²) >= 11 is 0. The predicted molar refractivity (Wildman–Crippen MR) is 105 cm³/mol. The van der Waals surface area contributed by atoms with Gasteiger partial charge in [-0.25, -0.2) is 0 Å². The van der Waals surface area contributed by atoms with Crippen molar-refractivity contribution in [3.8, 4) is 16.9 Å². The van der Waals surface area contributed by atoms with Crippen LogP contribution in [-0.2, 0) is 4.79 Å². The van der Waals surface area contributed by atoms with E-state index in [0.29, 0.717) is 22.7 Å². The fourth-order valence-electron chi connectivity index (χ4n) is 2.93. The zero-order chi connectivity index (χ0) is 18.8. The molecule has 1 aliphatic rings. The summed E-state index contributed by atoms with van der Waals surface area (Å²) in [5.74, 6) is 0.167. The minimum Gasteiger partial charge on any atom is -0.479 e. The maximum absolute atomic E-state index is 12.5. The number of nitrogens with one attached hydrogen (secondary N) is 2. The van der Waals surface area contributed by atoms with Gasteiger partial charge in [0, 0.05) is 11.3 Å². The van der Waals surface area contributed by atoms with Crippen LogP contribution in [0.3, 0.4) is 0 Å². The smallest absolute Gasteiger partial charge is 0.265 e. The van der Waals surface area contributed by atoms with E-state index < -0.39 is 6.10 Å². The number of anilines is 2. The molecule has 27 heavy (non-hydrogen) atoms. The van der Waals surface area contributed by atoms with Crippen LogP contribution in [0.5, 0.6) is 5.75 Å². The van der Waals surface area contributed by atoms with Gasteiger partial charge >= 0.3 is 0 Å². The molecule has 134 valence electrons. The Morgan fingerprint density at radius 3 is 2.41 bits per heavy atom. The number of hydrogen-bond donors (Lipinski definition) is 2. The summed E-state index contributed by atoms with van der Waals surface area (Å²) in [5.41, 5.74) is 3.85. The highest BCUT2D eigenvalue weighted by molar-refractivity contribution is 6.05. The first-order chi connectivity index (χ1) is 13.1. The van der Waals surface area contributed by atoms with Crippen molar-refractivity contribution in [2.75, 3.05) is 10.6 Å². The van der Waals surface area contributed by atoms with Gasteiger partial charge < -0.3 is 15.4 Å². The summed E-state index contributed by atoms with van der Waals surface area (Å²) in [4.78, 5) is 24.3. The van der Waals surface area contributed by atoms with E-state index in [2.05, 4.69) is 10.6 Å².